The van der Waals surface area contributed by atoms with E-state index >= 15 is 0 Å². The first-order valence-corrected chi connectivity index (χ1v) is 10.7. The van der Waals surface area contributed by atoms with Crippen molar-refractivity contribution in [3.8, 4) is 5.75 Å². The highest BCUT2D eigenvalue weighted by Crippen LogP contribution is 2.38. The maximum atomic E-state index is 13.5. The van der Waals surface area contributed by atoms with E-state index < -0.39 is 5.82 Å². The molecule has 8 heteroatoms. The zero-order chi connectivity index (χ0) is 22.0. The molecule has 0 aliphatic carbocycles. The molecule has 0 spiro atoms. The molecule has 1 aliphatic heterocycles. The molecule has 0 saturated carbocycles. The van der Waals surface area contributed by atoms with E-state index in [2.05, 4.69) is 0 Å². The predicted octanol–water partition coefficient (Wildman–Crippen LogP) is 6.60. The molecule has 3 nitrogen and oxygen atoms in total. The van der Waals surface area contributed by atoms with Gasteiger partial charge in [0.1, 0.15) is 24.0 Å². The fourth-order valence-electron chi connectivity index (χ4n) is 2.93. The summed E-state index contributed by atoms with van der Waals surface area (Å²) in [7, 11) is 0. The third-order valence-corrected chi connectivity index (χ3v) is 6.06. The number of thioether (sulfide) groups is 1. The van der Waals surface area contributed by atoms with Crippen LogP contribution < -0.4 is 9.64 Å². The third-order valence-electron chi connectivity index (χ3n) is 4.47. The van der Waals surface area contributed by atoms with Crippen LogP contribution in [0.25, 0.3) is 6.08 Å². The Balaban J connectivity index is 1.57. The summed E-state index contributed by atoms with van der Waals surface area (Å²) < 4.78 is 32.8. The molecule has 0 N–H and O–H groups in total. The number of thiocarbonyl (C=S) groups is 1. The quantitative estimate of drug-likeness (QED) is 0.308. The van der Waals surface area contributed by atoms with Crippen LogP contribution in [0, 0.1) is 11.6 Å². The lowest BCUT2D eigenvalue weighted by atomic mass is 10.1. The van der Waals surface area contributed by atoms with Gasteiger partial charge in [0.15, 0.2) is 4.32 Å². The molecule has 1 fully saturated rings. The number of para-hydroxylation sites is 1. The minimum atomic E-state index is -0.571. The number of carbonyl (C=O) groups is 1. The van der Waals surface area contributed by atoms with Crippen molar-refractivity contribution >= 4 is 57.6 Å². The van der Waals surface area contributed by atoms with Gasteiger partial charge in [0.25, 0.3) is 5.91 Å². The summed E-state index contributed by atoms with van der Waals surface area (Å²) in [6.07, 6.45) is 1.70. The summed E-state index contributed by atoms with van der Waals surface area (Å²) in [5, 5.41) is -0.0879. The van der Waals surface area contributed by atoms with Crippen molar-refractivity contribution in [3.63, 3.8) is 0 Å². The van der Waals surface area contributed by atoms with E-state index in [0.717, 1.165) is 17.3 Å². The molecule has 0 radical (unpaired) electrons. The Morgan fingerprint density at radius 2 is 1.81 bits per heavy atom. The molecule has 0 bridgehead atoms. The number of benzene rings is 3. The molecular weight excluding hydrogens is 460 g/mol. The molecule has 4 rings (SSSR count). The monoisotopic (exact) mass is 473 g/mol. The second-order valence-electron chi connectivity index (χ2n) is 6.57. The highest BCUT2D eigenvalue weighted by Gasteiger charge is 2.33. The fourth-order valence-corrected chi connectivity index (χ4v) is 4.39. The molecule has 3 aromatic rings. The Kier molecular flexibility index (Phi) is 6.36. The molecule has 0 aromatic heterocycles. The lowest BCUT2D eigenvalue weighted by Gasteiger charge is -2.14. The first-order chi connectivity index (χ1) is 14.9. The van der Waals surface area contributed by atoms with Gasteiger partial charge in [0.05, 0.1) is 15.6 Å². The van der Waals surface area contributed by atoms with Crippen molar-refractivity contribution in [1.29, 1.82) is 0 Å². The Morgan fingerprint density at radius 3 is 2.55 bits per heavy atom. The van der Waals surface area contributed by atoms with Crippen LogP contribution in [0.3, 0.4) is 0 Å². The number of hydrogen-bond acceptors (Lipinski definition) is 4. The van der Waals surface area contributed by atoms with E-state index in [-0.39, 0.29) is 23.4 Å². The van der Waals surface area contributed by atoms with Crippen LogP contribution in [0.15, 0.2) is 71.6 Å². The molecule has 3 aromatic carbocycles. The Morgan fingerprint density at radius 1 is 1.06 bits per heavy atom. The van der Waals surface area contributed by atoms with Crippen molar-refractivity contribution in [2.24, 2.45) is 0 Å². The lowest BCUT2D eigenvalue weighted by Crippen LogP contribution is -2.27. The number of ether oxygens (including phenoxy) is 1. The predicted molar refractivity (Wildman–Crippen MR) is 124 cm³/mol. The van der Waals surface area contributed by atoms with Crippen molar-refractivity contribution in [1.82, 2.24) is 0 Å². The van der Waals surface area contributed by atoms with Crippen molar-refractivity contribution in [3.05, 3.63) is 99.4 Å². The maximum absolute atomic E-state index is 13.5. The van der Waals surface area contributed by atoms with Gasteiger partial charge in [-0.15, -0.1) is 0 Å². The van der Waals surface area contributed by atoms with Crippen LogP contribution in [-0.4, -0.2) is 10.2 Å². The van der Waals surface area contributed by atoms with Gasteiger partial charge in [0, 0.05) is 5.56 Å². The van der Waals surface area contributed by atoms with Crippen molar-refractivity contribution in [2.45, 2.75) is 6.61 Å². The number of rotatable bonds is 5. The summed E-state index contributed by atoms with van der Waals surface area (Å²) >= 11 is 12.4. The van der Waals surface area contributed by atoms with Gasteiger partial charge in [-0.25, -0.2) is 8.78 Å². The normalized spacial score (nSPS) is 15.1. The van der Waals surface area contributed by atoms with Gasteiger partial charge in [-0.3, -0.25) is 9.69 Å². The molecule has 31 heavy (non-hydrogen) atoms. The Hall–Kier alpha value is -2.74. The minimum absolute atomic E-state index is 0.0879. The molecule has 1 aliphatic rings. The first-order valence-electron chi connectivity index (χ1n) is 9.11. The molecule has 0 atom stereocenters. The van der Waals surface area contributed by atoms with E-state index in [4.69, 9.17) is 28.6 Å². The molecule has 1 amide bonds. The van der Waals surface area contributed by atoms with Gasteiger partial charge in [-0.2, -0.15) is 0 Å². The highest BCUT2D eigenvalue weighted by atomic mass is 35.5. The van der Waals surface area contributed by atoms with Gasteiger partial charge >= 0.3 is 0 Å². The second kappa shape index (κ2) is 9.18. The summed E-state index contributed by atoms with van der Waals surface area (Å²) in [4.78, 5) is 14.7. The summed E-state index contributed by atoms with van der Waals surface area (Å²) in [5.41, 5.74) is 1.91. The third kappa shape index (κ3) is 4.79. The number of anilines is 1. The molecular formula is C23H14ClF2NO2S2. The van der Waals surface area contributed by atoms with Crippen LogP contribution in [-0.2, 0) is 11.4 Å². The topological polar surface area (TPSA) is 29.5 Å². The minimum Gasteiger partial charge on any atom is -0.488 e. The van der Waals surface area contributed by atoms with Gasteiger partial charge in [-0.1, -0.05) is 65.9 Å². The summed E-state index contributed by atoms with van der Waals surface area (Å²) in [6.45, 7) is 0.250. The number of amides is 1. The van der Waals surface area contributed by atoms with Crippen LogP contribution in [0.2, 0.25) is 5.02 Å². The number of halogens is 3. The fraction of sp³-hybridized carbons (Fsp3) is 0.0435. The molecule has 1 saturated heterocycles. The Bertz CT molecular complexity index is 1200. The standard InChI is InChI=1S/C23H14ClF2NO2S2/c24-18-12-17(9-10-19(18)26)27-22(28)21(31-23(27)30)11-15-3-1-2-4-20(15)29-13-14-5-7-16(25)8-6-14/h1-12H,13H2. The maximum Gasteiger partial charge on any atom is 0.270 e. The van der Waals surface area contributed by atoms with E-state index in [9.17, 15) is 13.6 Å². The van der Waals surface area contributed by atoms with E-state index in [1.807, 2.05) is 18.2 Å². The smallest absolute Gasteiger partial charge is 0.270 e. The van der Waals surface area contributed by atoms with Crippen molar-refractivity contribution < 1.29 is 18.3 Å². The molecule has 1 heterocycles. The lowest BCUT2D eigenvalue weighted by molar-refractivity contribution is -0.113. The van der Waals surface area contributed by atoms with E-state index in [1.165, 1.54) is 35.2 Å². The average Bonchev–Trinajstić information content (AvgIpc) is 3.03. The number of hydrogen-bond donors (Lipinski definition) is 0. The number of carbonyl (C=O) groups excluding carboxylic acids is 1. The van der Waals surface area contributed by atoms with Crippen LogP contribution >= 0.6 is 35.6 Å². The first kappa shape index (κ1) is 21.5. The zero-order valence-corrected chi connectivity index (χ0v) is 18.2. The van der Waals surface area contributed by atoms with E-state index in [0.29, 0.717) is 26.2 Å². The van der Waals surface area contributed by atoms with Gasteiger partial charge in [0.2, 0.25) is 0 Å². The highest BCUT2D eigenvalue weighted by molar-refractivity contribution is 8.27. The van der Waals surface area contributed by atoms with Crippen LogP contribution in [0.5, 0.6) is 5.75 Å². The van der Waals surface area contributed by atoms with E-state index in [1.54, 1.807) is 24.3 Å². The average molecular weight is 474 g/mol. The SMILES string of the molecule is O=C1C(=Cc2ccccc2OCc2ccc(F)cc2)SC(=S)N1c1ccc(F)c(Cl)c1. The summed E-state index contributed by atoms with van der Waals surface area (Å²) in [5.74, 6) is -0.639. The summed E-state index contributed by atoms with van der Waals surface area (Å²) in [6, 6.07) is 17.3. The van der Waals surface area contributed by atoms with Crippen LogP contribution in [0.1, 0.15) is 11.1 Å². The van der Waals surface area contributed by atoms with Crippen molar-refractivity contribution in [2.75, 3.05) is 4.90 Å². The number of nitrogens with zero attached hydrogens (tertiary/aromatic N) is 1. The zero-order valence-electron chi connectivity index (χ0n) is 15.8. The largest absolute Gasteiger partial charge is 0.488 e. The van der Waals surface area contributed by atoms with Gasteiger partial charge in [-0.05, 0) is 48.0 Å². The Labute approximate surface area is 192 Å². The molecule has 0 unspecified atom stereocenters. The second-order valence-corrected chi connectivity index (χ2v) is 8.65. The van der Waals surface area contributed by atoms with Crippen LogP contribution in [0.4, 0.5) is 14.5 Å². The van der Waals surface area contributed by atoms with Gasteiger partial charge < -0.3 is 4.74 Å². The molecule has 156 valence electrons.